The van der Waals surface area contributed by atoms with E-state index < -0.39 is 0 Å². The maximum atomic E-state index is 5.68. The molecule has 0 unspecified atom stereocenters. The van der Waals surface area contributed by atoms with Crippen LogP contribution < -0.4 is 5.32 Å². The lowest BCUT2D eigenvalue weighted by Gasteiger charge is -2.02. The van der Waals surface area contributed by atoms with E-state index >= 15 is 0 Å². The lowest BCUT2D eigenvalue weighted by molar-refractivity contribution is 1.07. The molecule has 0 aliphatic heterocycles. The van der Waals surface area contributed by atoms with Crippen LogP contribution in [0.1, 0.15) is 4.88 Å². The Morgan fingerprint density at radius 2 is 2.13 bits per heavy atom. The molecular weight excluding hydrogens is 298 g/mol. The molecule has 0 radical (unpaired) electrons. The predicted octanol–water partition coefficient (Wildman–Crippen LogP) is 3.57. The molecule has 2 aromatic rings. The van der Waals surface area contributed by atoms with Gasteiger partial charge in [-0.25, -0.2) is 9.97 Å². The Hall–Kier alpha value is -0.650. The minimum atomic E-state index is 0.540. The normalized spacial score (nSPS) is 10.3. The van der Waals surface area contributed by atoms with Crippen molar-refractivity contribution in [3.63, 3.8) is 0 Å². The maximum Gasteiger partial charge on any atom is 0.222 e. The fourth-order valence-electron chi connectivity index (χ4n) is 1.01. The average Bonchev–Trinajstić information content (AvgIpc) is 2.63. The second kappa shape index (κ2) is 4.92. The summed E-state index contributed by atoms with van der Waals surface area (Å²) in [6.45, 7) is 0.708. The van der Waals surface area contributed by atoms with Crippen LogP contribution >= 0.6 is 38.9 Å². The third-order valence-electron chi connectivity index (χ3n) is 1.72. The van der Waals surface area contributed by atoms with Crippen molar-refractivity contribution >= 4 is 44.8 Å². The standard InChI is InChI=1S/C9H7BrClN3S/c10-7-1-2-15-8(7)5-14-9-12-3-6(11)4-13-9/h1-4H,5H2,(H,12,13,14). The van der Waals surface area contributed by atoms with Crippen LogP contribution in [0.15, 0.2) is 28.3 Å². The van der Waals surface area contributed by atoms with Gasteiger partial charge in [-0.1, -0.05) is 11.6 Å². The summed E-state index contributed by atoms with van der Waals surface area (Å²) in [5.74, 6) is 0.583. The maximum absolute atomic E-state index is 5.68. The first-order valence-corrected chi connectivity index (χ1v) is 6.24. The molecule has 2 heterocycles. The van der Waals surface area contributed by atoms with Crippen molar-refractivity contribution in [2.45, 2.75) is 6.54 Å². The van der Waals surface area contributed by atoms with Crippen LogP contribution in [0, 0.1) is 0 Å². The second-order valence-corrected chi connectivity index (χ2v) is 5.06. The highest BCUT2D eigenvalue weighted by molar-refractivity contribution is 9.10. The highest BCUT2D eigenvalue weighted by atomic mass is 79.9. The Kier molecular flexibility index (Phi) is 3.56. The molecule has 0 bridgehead atoms. The Balaban J connectivity index is 1.99. The molecular formula is C9H7BrClN3S. The molecule has 0 fully saturated rings. The van der Waals surface area contributed by atoms with Gasteiger partial charge in [0.05, 0.1) is 24.0 Å². The number of aromatic nitrogens is 2. The van der Waals surface area contributed by atoms with E-state index in [4.69, 9.17) is 11.6 Å². The fraction of sp³-hybridized carbons (Fsp3) is 0.111. The number of hydrogen-bond acceptors (Lipinski definition) is 4. The average molecular weight is 305 g/mol. The van der Waals surface area contributed by atoms with Crippen molar-refractivity contribution in [2.75, 3.05) is 5.32 Å². The van der Waals surface area contributed by atoms with Crippen LogP contribution in [0.4, 0.5) is 5.95 Å². The van der Waals surface area contributed by atoms with Crippen molar-refractivity contribution in [2.24, 2.45) is 0 Å². The molecule has 0 aliphatic carbocycles. The number of thiophene rings is 1. The summed E-state index contributed by atoms with van der Waals surface area (Å²) in [7, 11) is 0. The van der Waals surface area contributed by atoms with E-state index in [0.29, 0.717) is 17.5 Å². The third kappa shape index (κ3) is 2.90. The van der Waals surface area contributed by atoms with Gasteiger partial charge in [0.15, 0.2) is 0 Å². The number of rotatable bonds is 3. The molecule has 0 spiro atoms. The number of nitrogens with one attached hydrogen (secondary N) is 1. The molecule has 0 aromatic carbocycles. The lowest BCUT2D eigenvalue weighted by atomic mass is 10.5. The molecule has 3 nitrogen and oxygen atoms in total. The zero-order chi connectivity index (χ0) is 10.7. The number of halogens is 2. The Morgan fingerprint density at radius 3 is 2.73 bits per heavy atom. The Morgan fingerprint density at radius 1 is 1.40 bits per heavy atom. The summed E-state index contributed by atoms with van der Waals surface area (Å²) in [6.07, 6.45) is 3.14. The smallest absolute Gasteiger partial charge is 0.222 e. The van der Waals surface area contributed by atoms with Crippen LogP contribution in [-0.2, 0) is 6.54 Å². The van der Waals surface area contributed by atoms with Crippen LogP contribution in [0.3, 0.4) is 0 Å². The zero-order valence-corrected chi connectivity index (χ0v) is 10.7. The molecule has 15 heavy (non-hydrogen) atoms. The molecule has 0 saturated heterocycles. The van der Waals surface area contributed by atoms with E-state index in [0.717, 1.165) is 4.47 Å². The summed E-state index contributed by atoms with van der Waals surface area (Å²) >= 11 is 10.8. The fourth-order valence-corrected chi connectivity index (χ4v) is 2.54. The van der Waals surface area contributed by atoms with Crippen LogP contribution in [0.25, 0.3) is 0 Å². The first-order valence-electron chi connectivity index (χ1n) is 4.19. The van der Waals surface area contributed by atoms with E-state index in [1.54, 1.807) is 23.7 Å². The van der Waals surface area contributed by atoms with Crippen molar-refractivity contribution in [1.29, 1.82) is 0 Å². The topological polar surface area (TPSA) is 37.8 Å². The van der Waals surface area contributed by atoms with Crippen molar-refractivity contribution in [1.82, 2.24) is 9.97 Å². The van der Waals surface area contributed by atoms with Crippen molar-refractivity contribution in [3.05, 3.63) is 38.2 Å². The number of nitrogens with zero attached hydrogens (tertiary/aromatic N) is 2. The van der Waals surface area contributed by atoms with Crippen LogP contribution in [-0.4, -0.2) is 9.97 Å². The molecule has 2 rings (SSSR count). The zero-order valence-electron chi connectivity index (χ0n) is 7.58. The number of hydrogen-bond donors (Lipinski definition) is 1. The van der Waals surface area contributed by atoms with Gasteiger partial charge >= 0.3 is 0 Å². The Bertz CT molecular complexity index is 443. The molecule has 0 saturated carbocycles. The van der Waals surface area contributed by atoms with Gasteiger partial charge in [0.2, 0.25) is 5.95 Å². The van der Waals surface area contributed by atoms with E-state index in [-0.39, 0.29) is 0 Å². The van der Waals surface area contributed by atoms with Crippen molar-refractivity contribution in [3.8, 4) is 0 Å². The predicted molar refractivity (Wildman–Crippen MR) is 66.4 cm³/mol. The van der Waals surface area contributed by atoms with Gasteiger partial charge in [-0.05, 0) is 27.4 Å². The quantitative estimate of drug-likeness (QED) is 0.942. The molecule has 78 valence electrons. The highest BCUT2D eigenvalue weighted by Crippen LogP contribution is 2.23. The lowest BCUT2D eigenvalue weighted by Crippen LogP contribution is -2.01. The highest BCUT2D eigenvalue weighted by Gasteiger charge is 2.01. The van der Waals surface area contributed by atoms with Gasteiger partial charge in [0, 0.05) is 9.35 Å². The van der Waals surface area contributed by atoms with E-state index in [9.17, 15) is 0 Å². The SMILES string of the molecule is Clc1cnc(NCc2sccc2Br)nc1. The van der Waals surface area contributed by atoms with Crippen LogP contribution in [0.5, 0.6) is 0 Å². The number of anilines is 1. The van der Waals surface area contributed by atoms with Gasteiger partial charge < -0.3 is 5.32 Å². The molecule has 6 heteroatoms. The monoisotopic (exact) mass is 303 g/mol. The summed E-state index contributed by atoms with van der Waals surface area (Å²) in [6, 6.07) is 2.02. The van der Waals surface area contributed by atoms with Gasteiger partial charge in [-0.2, -0.15) is 0 Å². The van der Waals surface area contributed by atoms with Crippen LogP contribution in [0.2, 0.25) is 5.02 Å². The van der Waals surface area contributed by atoms with Gasteiger partial charge in [-0.15, -0.1) is 11.3 Å². The van der Waals surface area contributed by atoms with Gasteiger partial charge in [0.25, 0.3) is 0 Å². The van der Waals surface area contributed by atoms with E-state index in [1.165, 1.54) is 4.88 Å². The minimum Gasteiger partial charge on any atom is -0.349 e. The third-order valence-corrected chi connectivity index (χ3v) is 3.84. The second-order valence-electron chi connectivity index (χ2n) is 2.77. The molecule has 0 aliphatic rings. The summed E-state index contributed by atoms with van der Waals surface area (Å²) in [4.78, 5) is 9.30. The van der Waals surface area contributed by atoms with Gasteiger partial charge in [-0.3, -0.25) is 0 Å². The molecule has 1 N–H and O–H groups in total. The Labute approximate surface area is 105 Å². The first kappa shape index (κ1) is 10.9. The molecule has 0 amide bonds. The molecule has 2 aromatic heterocycles. The summed E-state index contributed by atoms with van der Waals surface area (Å²) in [5.41, 5.74) is 0. The summed E-state index contributed by atoms with van der Waals surface area (Å²) in [5, 5.41) is 5.69. The summed E-state index contributed by atoms with van der Waals surface area (Å²) < 4.78 is 1.11. The van der Waals surface area contributed by atoms with Gasteiger partial charge in [0.1, 0.15) is 0 Å². The first-order chi connectivity index (χ1) is 7.25. The van der Waals surface area contributed by atoms with E-state index in [2.05, 4.69) is 31.2 Å². The largest absolute Gasteiger partial charge is 0.349 e. The minimum absolute atomic E-state index is 0.540. The molecule has 0 atom stereocenters. The van der Waals surface area contributed by atoms with Crippen molar-refractivity contribution < 1.29 is 0 Å². The van der Waals surface area contributed by atoms with E-state index in [1.807, 2.05) is 11.4 Å².